The molecule has 0 heterocycles. The van der Waals surface area contributed by atoms with E-state index in [2.05, 4.69) is 56.1 Å². The normalized spacial score (nSPS) is 12.5. The molecule has 0 aliphatic carbocycles. The average Bonchev–Trinajstić information content (AvgIpc) is 2.39. The van der Waals surface area contributed by atoms with Crippen molar-refractivity contribution in [1.82, 2.24) is 0 Å². The minimum atomic E-state index is -1.92. The van der Waals surface area contributed by atoms with Crippen molar-refractivity contribution in [2.75, 3.05) is 55.4 Å². The number of halogens is 2. The molecule has 25 heavy (non-hydrogen) atoms. The molecule has 0 rings (SSSR count). The second-order valence-corrected chi connectivity index (χ2v) is 24.2. The van der Waals surface area contributed by atoms with E-state index in [-0.39, 0.29) is 48.0 Å². The van der Waals surface area contributed by atoms with Crippen molar-refractivity contribution in [3.8, 4) is 0 Å². The third kappa shape index (κ3) is 19.3. The molecule has 5 heteroatoms. The van der Waals surface area contributed by atoms with E-state index in [4.69, 9.17) is 0 Å². The third-order valence-corrected chi connectivity index (χ3v) is 21.3. The Kier molecular flexibility index (Phi) is 20.4. The summed E-state index contributed by atoms with van der Waals surface area (Å²) < 4.78 is 8.92. The Labute approximate surface area is 199 Å². The van der Waals surface area contributed by atoms with E-state index in [0.717, 1.165) is 8.97 Å². The molecule has 2 nitrogen and oxygen atoms in total. The molecule has 0 spiro atoms. The zero-order valence-corrected chi connectivity index (χ0v) is 25.8. The molecule has 0 saturated heterocycles. The van der Waals surface area contributed by atoms with Gasteiger partial charge in [-0.2, -0.15) is 0 Å². The summed E-state index contributed by atoms with van der Waals surface area (Å²) in [5, 5.41) is 0. The Balaban J connectivity index is -0.00000242. The van der Waals surface area contributed by atoms with Crippen LogP contribution in [0.4, 0.5) is 0 Å². The van der Waals surface area contributed by atoms with Crippen molar-refractivity contribution in [3.05, 3.63) is 0 Å². The van der Waals surface area contributed by atoms with Gasteiger partial charge in [0.15, 0.2) is 0 Å². The molecule has 0 aliphatic heterocycles. The first kappa shape index (κ1) is 31.9. The second kappa shape index (κ2) is 16.0. The van der Waals surface area contributed by atoms with Gasteiger partial charge in [0.05, 0.1) is 0 Å². The summed E-state index contributed by atoms with van der Waals surface area (Å²) in [5.41, 5.74) is 0. The first-order valence-corrected chi connectivity index (χ1v) is 18.2. The molecule has 0 N–H and O–H groups in total. The Morgan fingerprint density at radius 1 is 0.520 bits per heavy atom. The number of quaternary nitrogens is 2. The monoisotopic (exact) mass is 690 g/mol. The van der Waals surface area contributed by atoms with Gasteiger partial charge in [-0.1, -0.05) is 0 Å². The van der Waals surface area contributed by atoms with Crippen LogP contribution < -0.4 is 48.0 Å². The van der Waals surface area contributed by atoms with Crippen molar-refractivity contribution in [1.29, 1.82) is 0 Å². The Morgan fingerprint density at radius 2 is 0.800 bits per heavy atom. The number of hydrogen-bond acceptors (Lipinski definition) is 0. The first-order chi connectivity index (χ1) is 10.5. The van der Waals surface area contributed by atoms with Gasteiger partial charge in [0, 0.05) is 0 Å². The van der Waals surface area contributed by atoms with E-state index in [1.807, 2.05) is 0 Å². The summed E-state index contributed by atoms with van der Waals surface area (Å²) in [4.78, 5) is 0. The topological polar surface area (TPSA) is 0 Å². The number of nitrogens with zero attached hydrogens (tertiary/aromatic N) is 2. The van der Waals surface area contributed by atoms with Gasteiger partial charge in [0.25, 0.3) is 0 Å². The SMILES string of the molecule is CCC[CH2][Sn]([CH2]CCC)([CH2]CC[N+](C)(C)C)[CH2]CC[N+](C)(C)C.[I-].[I-]. The predicted octanol–water partition coefficient (Wildman–Crippen LogP) is -0.764. The van der Waals surface area contributed by atoms with Crippen LogP contribution in [0, 0.1) is 0 Å². The largest absolute Gasteiger partial charge is 1.00 e. The Hall–Kier alpha value is 2.18. The van der Waals surface area contributed by atoms with Crippen LogP contribution in [0.2, 0.25) is 17.7 Å². The van der Waals surface area contributed by atoms with Crippen LogP contribution in [-0.2, 0) is 0 Å². The summed E-state index contributed by atoms with van der Waals surface area (Å²) in [6, 6.07) is 0. The van der Waals surface area contributed by atoms with E-state index < -0.39 is 18.4 Å². The maximum Gasteiger partial charge on any atom is -1.00 e. The van der Waals surface area contributed by atoms with Gasteiger partial charge in [-0.05, 0) is 0 Å². The minimum Gasteiger partial charge on any atom is -1.00 e. The van der Waals surface area contributed by atoms with Gasteiger partial charge in [-0.3, -0.25) is 0 Å². The molecule has 0 aromatic carbocycles. The summed E-state index contributed by atoms with van der Waals surface area (Å²) in [5.74, 6) is 0. The molecule has 156 valence electrons. The van der Waals surface area contributed by atoms with Gasteiger partial charge >= 0.3 is 153 Å². The van der Waals surface area contributed by atoms with E-state index >= 15 is 0 Å². The maximum atomic E-state index is 2.38. The third-order valence-electron chi connectivity index (χ3n) is 5.19. The van der Waals surface area contributed by atoms with E-state index in [9.17, 15) is 0 Å². The van der Waals surface area contributed by atoms with Crippen LogP contribution in [0.25, 0.3) is 0 Å². The van der Waals surface area contributed by atoms with Crippen LogP contribution >= 0.6 is 0 Å². The Bertz CT molecular complexity index is 269. The Morgan fingerprint density at radius 3 is 1.04 bits per heavy atom. The van der Waals surface area contributed by atoms with Gasteiger partial charge in [0.1, 0.15) is 0 Å². The second-order valence-electron chi connectivity index (χ2n) is 9.94. The van der Waals surface area contributed by atoms with E-state index in [0.29, 0.717) is 0 Å². The fourth-order valence-electron chi connectivity index (χ4n) is 3.71. The smallest absolute Gasteiger partial charge is 1.00 e. The molecular weight excluding hydrogens is 641 g/mol. The van der Waals surface area contributed by atoms with Crippen molar-refractivity contribution in [2.24, 2.45) is 0 Å². The summed E-state index contributed by atoms with van der Waals surface area (Å²) in [6.45, 7) is 7.50. The van der Waals surface area contributed by atoms with Crippen LogP contribution in [0.5, 0.6) is 0 Å². The summed E-state index contributed by atoms with van der Waals surface area (Å²) in [6.07, 6.45) is 8.78. The molecule has 0 aromatic rings. The minimum absolute atomic E-state index is 0. The van der Waals surface area contributed by atoms with Crippen LogP contribution in [0.3, 0.4) is 0 Å². The number of rotatable bonds is 14. The molecule has 0 aliphatic rings. The molecule has 0 atom stereocenters. The molecule has 0 unspecified atom stereocenters. The molecule has 0 amide bonds. The predicted molar refractivity (Wildman–Crippen MR) is 110 cm³/mol. The van der Waals surface area contributed by atoms with E-state index in [1.165, 1.54) is 51.6 Å². The molecule has 0 aromatic heterocycles. The fraction of sp³-hybridized carbons (Fsp3) is 1.00. The standard InChI is InChI=1S/2C6H15N.2C4H9.2HI.Sn/c2*1-5-6-7(2,3)4;2*1-3-4-2;;;/h2*1,5-6H2,2-4H3;2*1,3-4H2,2H3;2*1H;/q2*+1;;;;;/p-2. The summed E-state index contributed by atoms with van der Waals surface area (Å²) >= 11 is -1.92. The quantitative estimate of drug-likeness (QED) is 0.128. The van der Waals surface area contributed by atoms with Gasteiger partial charge < -0.3 is 48.0 Å². The fourth-order valence-corrected chi connectivity index (χ4v) is 19.5. The molecule has 0 fully saturated rings. The summed E-state index contributed by atoms with van der Waals surface area (Å²) in [7, 11) is 14.1. The van der Waals surface area contributed by atoms with E-state index in [1.54, 1.807) is 17.7 Å². The zero-order chi connectivity index (χ0) is 18.0. The number of hydrogen-bond donors (Lipinski definition) is 0. The average molecular weight is 689 g/mol. The molecular formula is C20H48I2N2Sn. The first-order valence-electron chi connectivity index (χ1n) is 10.1. The van der Waals surface area contributed by atoms with Crippen molar-refractivity contribution in [3.63, 3.8) is 0 Å². The van der Waals surface area contributed by atoms with Crippen molar-refractivity contribution < 1.29 is 56.9 Å². The molecule has 0 bridgehead atoms. The number of unbranched alkanes of at least 4 members (excludes halogenated alkanes) is 2. The van der Waals surface area contributed by atoms with Crippen molar-refractivity contribution >= 4 is 18.4 Å². The van der Waals surface area contributed by atoms with Gasteiger partial charge in [-0.25, -0.2) is 0 Å². The van der Waals surface area contributed by atoms with Crippen molar-refractivity contribution in [2.45, 2.75) is 70.1 Å². The molecule has 0 radical (unpaired) electrons. The van der Waals surface area contributed by atoms with Crippen LogP contribution in [-0.4, -0.2) is 82.7 Å². The maximum absolute atomic E-state index is 2.38. The van der Waals surface area contributed by atoms with Crippen LogP contribution in [0.15, 0.2) is 0 Å². The molecule has 0 saturated carbocycles. The van der Waals surface area contributed by atoms with Gasteiger partial charge in [0.2, 0.25) is 0 Å². The van der Waals surface area contributed by atoms with Gasteiger partial charge in [-0.15, -0.1) is 0 Å². The van der Waals surface area contributed by atoms with Crippen LogP contribution in [0.1, 0.15) is 52.4 Å². The zero-order valence-electron chi connectivity index (χ0n) is 18.6.